The molecule has 2 spiro atoms. The van der Waals surface area contributed by atoms with Gasteiger partial charge in [0, 0.05) is 62.2 Å². The molecular weight excluding hydrogens is 782 g/mol. The van der Waals surface area contributed by atoms with E-state index in [-0.39, 0.29) is 26.2 Å². The van der Waals surface area contributed by atoms with Crippen LogP contribution in [0.15, 0.2) is 91.2 Å². The molecule has 7 rings (SSSR count). The van der Waals surface area contributed by atoms with E-state index in [4.69, 9.17) is 47.4 Å². The Morgan fingerprint density at radius 3 is 1.35 bits per heavy atom. The zero-order valence-electron chi connectivity index (χ0n) is 33.5. The number of rotatable bonds is 12. The number of methoxy groups -OCH3 is 6. The third-order valence-corrected chi connectivity index (χ3v) is 10.00. The van der Waals surface area contributed by atoms with Gasteiger partial charge in [-0.3, -0.25) is 4.98 Å². The molecule has 3 aliphatic rings. The molecule has 3 aromatic carbocycles. The lowest BCUT2D eigenvalue weighted by Gasteiger charge is -2.55. The second kappa shape index (κ2) is 17.0. The monoisotopic (exact) mass is 823 g/mol. The maximum Gasteiger partial charge on any atom is 0.420 e. The summed E-state index contributed by atoms with van der Waals surface area (Å²) in [7, 11) is 9.04. The van der Waals surface area contributed by atoms with Crippen molar-refractivity contribution in [3.8, 4) is 56.9 Å². The van der Waals surface area contributed by atoms with E-state index < -0.39 is 35.7 Å². The number of nitrogens with zero attached hydrogens (tertiary/aromatic N) is 3. The molecular formula is C43H41N3O14. The number of fused-ring (bicyclic) bond motifs is 1. The van der Waals surface area contributed by atoms with Crippen LogP contribution >= 0.6 is 0 Å². The van der Waals surface area contributed by atoms with E-state index in [1.54, 1.807) is 48.7 Å². The number of piperazine rings is 1. The average Bonchev–Trinajstić information content (AvgIpc) is 3.52. The van der Waals surface area contributed by atoms with E-state index in [1.807, 2.05) is 18.2 Å². The summed E-state index contributed by atoms with van der Waals surface area (Å²) in [5.74, 6) is -7.01. The molecule has 0 N–H and O–H groups in total. The number of hydrogen-bond acceptors (Lipinski definition) is 17. The van der Waals surface area contributed by atoms with Crippen molar-refractivity contribution in [3.05, 3.63) is 102 Å². The Labute approximate surface area is 344 Å². The number of pyridine rings is 1. The van der Waals surface area contributed by atoms with Crippen molar-refractivity contribution in [2.75, 3.05) is 55.7 Å². The van der Waals surface area contributed by atoms with E-state index in [1.165, 1.54) is 52.5 Å². The summed E-state index contributed by atoms with van der Waals surface area (Å²) < 4.78 is 57.3. The van der Waals surface area contributed by atoms with E-state index >= 15 is 0 Å². The molecule has 4 heterocycles. The number of aromatic nitrogens is 1. The lowest BCUT2D eigenvalue weighted by Crippen LogP contribution is -2.80. The summed E-state index contributed by atoms with van der Waals surface area (Å²) in [5, 5.41) is 0. The first-order chi connectivity index (χ1) is 29.0. The molecule has 0 radical (unpaired) electrons. The van der Waals surface area contributed by atoms with E-state index in [2.05, 4.69) is 4.98 Å². The smallest absolute Gasteiger partial charge is 0.420 e. The molecule has 1 saturated heterocycles. The topological polar surface area (TPSA) is 180 Å². The molecule has 60 heavy (non-hydrogen) atoms. The predicted molar refractivity (Wildman–Crippen MR) is 210 cm³/mol. The molecule has 0 amide bonds. The Hall–Kier alpha value is -7.11. The summed E-state index contributed by atoms with van der Waals surface area (Å²) in [5.41, 5.74) is 3.80. The lowest BCUT2D eigenvalue weighted by molar-refractivity contribution is -0.465. The molecule has 312 valence electrons. The Morgan fingerprint density at radius 1 is 0.517 bits per heavy atom. The van der Waals surface area contributed by atoms with Crippen LogP contribution in [0.2, 0.25) is 0 Å². The van der Waals surface area contributed by atoms with Crippen LogP contribution in [0.4, 0.5) is 0 Å². The van der Waals surface area contributed by atoms with Crippen LogP contribution in [-0.2, 0) is 51.2 Å². The molecule has 17 nitrogen and oxygen atoms in total. The second-order valence-corrected chi connectivity index (χ2v) is 13.4. The second-order valence-electron chi connectivity index (χ2n) is 13.4. The minimum atomic E-state index is -2.69. The average molecular weight is 824 g/mol. The van der Waals surface area contributed by atoms with Gasteiger partial charge >= 0.3 is 35.7 Å². The summed E-state index contributed by atoms with van der Waals surface area (Å²) in [6.07, 6.45) is 5.05. The van der Waals surface area contributed by atoms with Crippen molar-refractivity contribution >= 4 is 23.9 Å². The first-order valence-corrected chi connectivity index (χ1v) is 18.4. The van der Waals surface area contributed by atoms with Crippen LogP contribution in [0, 0.1) is 0 Å². The number of ether oxygens (including phenoxy) is 10. The highest BCUT2D eigenvalue weighted by atomic mass is 16.8. The molecule has 0 bridgehead atoms. The standard InChI is InChI=1S/C43H41N3O14/c1-51-32-20-29(21-33(52-2)40(32)55-5)28-9-7-8-26(18-28)24-45-16-17-46(25-27-14-15-44-31(19-27)30-22-34(53-3)41(56-6)35(23-30)54-4)43(59-38(49)12-13-39(50)60-43)42(45)57-36(47)10-11-37(48)58-42/h7-15,18-23H,16-17,24-25H2,1-6H3. The van der Waals surface area contributed by atoms with Gasteiger partial charge < -0.3 is 47.4 Å². The van der Waals surface area contributed by atoms with Gasteiger partial charge in [-0.1, -0.05) is 18.2 Å². The molecule has 0 unspecified atom stereocenters. The third kappa shape index (κ3) is 7.62. The van der Waals surface area contributed by atoms with Crippen LogP contribution in [0.25, 0.3) is 22.4 Å². The van der Waals surface area contributed by atoms with Crippen molar-refractivity contribution in [3.63, 3.8) is 0 Å². The van der Waals surface area contributed by atoms with Gasteiger partial charge in [-0.05, 0) is 64.7 Å². The van der Waals surface area contributed by atoms with E-state index in [0.29, 0.717) is 56.9 Å². The first-order valence-electron chi connectivity index (χ1n) is 18.4. The number of esters is 4. The fraction of sp³-hybridized carbons (Fsp3) is 0.279. The van der Waals surface area contributed by atoms with Gasteiger partial charge in [0.2, 0.25) is 11.5 Å². The van der Waals surface area contributed by atoms with Crippen molar-refractivity contribution in [1.82, 2.24) is 14.8 Å². The Balaban J connectivity index is 1.31. The number of carbonyl (C=O) groups excluding carboxylic acids is 4. The highest BCUT2D eigenvalue weighted by Gasteiger charge is 2.74. The quantitative estimate of drug-likeness (QED) is 0.183. The minimum Gasteiger partial charge on any atom is -0.493 e. The van der Waals surface area contributed by atoms with Gasteiger partial charge in [-0.25, -0.2) is 29.0 Å². The number of hydrogen-bond donors (Lipinski definition) is 0. The maximum absolute atomic E-state index is 13.4. The summed E-state index contributed by atoms with van der Waals surface area (Å²) in [6, 6.07) is 17.9. The predicted octanol–water partition coefficient (Wildman–Crippen LogP) is 4.41. The zero-order chi connectivity index (χ0) is 42.6. The molecule has 3 aliphatic heterocycles. The van der Waals surface area contributed by atoms with Gasteiger partial charge in [-0.15, -0.1) is 0 Å². The Kier molecular flexibility index (Phi) is 11.6. The molecule has 0 aliphatic carbocycles. The summed E-state index contributed by atoms with van der Waals surface area (Å²) >= 11 is 0. The summed E-state index contributed by atoms with van der Waals surface area (Å²) in [6.45, 7) is -0.115. The number of carbonyl (C=O) groups is 4. The van der Waals surface area contributed by atoms with Crippen LogP contribution in [0.5, 0.6) is 34.5 Å². The van der Waals surface area contributed by atoms with Gasteiger partial charge in [0.25, 0.3) is 0 Å². The van der Waals surface area contributed by atoms with E-state index in [9.17, 15) is 19.2 Å². The molecule has 4 aromatic rings. The maximum atomic E-state index is 13.4. The molecule has 1 fully saturated rings. The van der Waals surface area contributed by atoms with Gasteiger partial charge in [0.15, 0.2) is 23.0 Å². The van der Waals surface area contributed by atoms with Crippen LogP contribution < -0.4 is 28.4 Å². The van der Waals surface area contributed by atoms with Crippen molar-refractivity contribution in [1.29, 1.82) is 0 Å². The molecule has 1 aromatic heterocycles. The highest BCUT2D eigenvalue weighted by Crippen LogP contribution is 2.47. The van der Waals surface area contributed by atoms with Crippen molar-refractivity contribution in [2.24, 2.45) is 0 Å². The van der Waals surface area contributed by atoms with Gasteiger partial charge in [0.05, 0.1) is 48.4 Å². The largest absolute Gasteiger partial charge is 0.493 e. The molecule has 17 heteroatoms. The van der Waals surface area contributed by atoms with Crippen molar-refractivity contribution < 1.29 is 66.5 Å². The Bertz CT molecular complexity index is 2140. The van der Waals surface area contributed by atoms with Gasteiger partial charge in [0.1, 0.15) is 0 Å². The van der Waals surface area contributed by atoms with Crippen molar-refractivity contribution in [2.45, 2.75) is 24.9 Å². The highest BCUT2D eigenvalue weighted by molar-refractivity contribution is 5.95. The SMILES string of the molecule is COc1cc(-c2cccc(CN3CCN(Cc4ccnc(-c5cc(OC)c(OC)c(OC)c5)c4)C4(OC(=O)C=CC(=O)O4)C34OC(=O)C=CC(=O)O4)c2)cc(OC)c1OC. The first kappa shape index (κ1) is 41.1. The molecule has 0 saturated carbocycles. The minimum absolute atomic E-state index is 0.0270. The number of benzene rings is 3. The Morgan fingerprint density at radius 2 is 0.933 bits per heavy atom. The lowest BCUT2D eigenvalue weighted by atomic mass is 10.0. The van der Waals surface area contributed by atoms with Gasteiger partial charge in [-0.2, -0.15) is 0 Å². The third-order valence-electron chi connectivity index (χ3n) is 10.00. The zero-order valence-corrected chi connectivity index (χ0v) is 33.5. The van der Waals surface area contributed by atoms with E-state index in [0.717, 1.165) is 35.4 Å². The van der Waals surface area contributed by atoms with Crippen LogP contribution in [0.1, 0.15) is 11.1 Å². The normalized spacial score (nSPS) is 17.2. The summed E-state index contributed by atoms with van der Waals surface area (Å²) in [4.78, 5) is 61.3. The van der Waals surface area contributed by atoms with Crippen LogP contribution in [-0.4, -0.2) is 106 Å². The van der Waals surface area contributed by atoms with Crippen LogP contribution in [0.3, 0.4) is 0 Å². The fourth-order valence-electron chi connectivity index (χ4n) is 7.31. The fourth-order valence-corrected chi connectivity index (χ4v) is 7.31. The molecule has 0 atom stereocenters.